The monoisotopic (exact) mass is 347 g/mol. The van der Waals surface area contributed by atoms with E-state index < -0.39 is 20.7 Å². The second-order valence-electron chi connectivity index (χ2n) is 4.54. The molecule has 0 N–H and O–H groups in total. The lowest BCUT2D eigenvalue weighted by atomic mass is 9.89. The molecule has 104 valence electrons. The van der Waals surface area contributed by atoms with Gasteiger partial charge in [-0.25, -0.2) is 13.4 Å². The lowest BCUT2D eigenvalue weighted by Gasteiger charge is -2.37. The molecule has 0 bridgehead atoms. The van der Waals surface area contributed by atoms with Gasteiger partial charge in [0.15, 0.2) is 9.84 Å². The maximum absolute atomic E-state index is 11.8. The summed E-state index contributed by atoms with van der Waals surface area (Å²) >= 11 is 3.28. The number of carbonyl (C=O) groups excluding carboxylic acids is 1. The molecule has 1 aromatic rings. The number of methoxy groups -OCH3 is 1. The maximum atomic E-state index is 11.8. The summed E-state index contributed by atoms with van der Waals surface area (Å²) in [7, 11) is -1.84. The molecule has 2 atom stereocenters. The maximum Gasteiger partial charge on any atom is 0.160 e. The van der Waals surface area contributed by atoms with Gasteiger partial charge in [-0.3, -0.25) is 0 Å². The van der Waals surface area contributed by atoms with Crippen LogP contribution in [0.3, 0.4) is 0 Å². The number of aldehydes is 1. The molecule has 2 rings (SSSR count). The minimum absolute atomic E-state index is 0.0710. The van der Waals surface area contributed by atoms with E-state index in [2.05, 4.69) is 20.9 Å². The van der Waals surface area contributed by atoms with E-state index in [1.807, 2.05) is 6.07 Å². The normalized spacial score (nSPS) is 29.9. The van der Waals surface area contributed by atoms with Crippen LogP contribution in [0.25, 0.3) is 0 Å². The number of hydrogen-bond acceptors (Lipinski definition) is 5. The number of pyridine rings is 1. The standard InChI is InChI=1S/C12H14BrNO4S/c1-18-12(10-3-2-4-11(13)14-10)5-6-19(16,17)9(7-12)8-15/h2-4,8-9H,5-7H2,1H3. The smallest absolute Gasteiger partial charge is 0.160 e. The Balaban J connectivity index is 2.43. The molecule has 7 heteroatoms. The van der Waals surface area contributed by atoms with Crippen molar-refractivity contribution in [3.8, 4) is 0 Å². The van der Waals surface area contributed by atoms with Crippen molar-refractivity contribution < 1.29 is 17.9 Å². The highest BCUT2D eigenvalue weighted by molar-refractivity contribution is 9.10. The van der Waals surface area contributed by atoms with Gasteiger partial charge < -0.3 is 9.53 Å². The summed E-state index contributed by atoms with van der Waals surface area (Å²) in [4.78, 5) is 15.4. The van der Waals surface area contributed by atoms with Crippen molar-refractivity contribution in [1.29, 1.82) is 0 Å². The molecule has 19 heavy (non-hydrogen) atoms. The van der Waals surface area contributed by atoms with Gasteiger partial charge in [0.05, 0.1) is 11.4 Å². The molecule has 1 aliphatic heterocycles. The van der Waals surface area contributed by atoms with Crippen molar-refractivity contribution in [2.45, 2.75) is 23.7 Å². The van der Waals surface area contributed by atoms with Gasteiger partial charge >= 0.3 is 0 Å². The highest BCUT2D eigenvalue weighted by atomic mass is 79.9. The van der Waals surface area contributed by atoms with E-state index in [4.69, 9.17) is 4.74 Å². The first-order valence-electron chi connectivity index (χ1n) is 5.78. The van der Waals surface area contributed by atoms with Gasteiger partial charge in [0, 0.05) is 13.5 Å². The molecule has 0 radical (unpaired) electrons. The summed E-state index contributed by atoms with van der Waals surface area (Å²) in [5.74, 6) is -0.0710. The van der Waals surface area contributed by atoms with Gasteiger partial charge in [0.2, 0.25) is 0 Å². The third-order valence-corrected chi connectivity index (χ3v) is 5.92. The van der Waals surface area contributed by atoms with Crippen LogP contribution in [0.1, 0.15) is 18.5 Å². The molecule has 0 aromatic carbocycles. The summed E-state index contributed by atoms with van der Waals surface area (Å²) in [5.41, 5.74) is -0.174. The lowest BCUT2D eigenvalue weighted by Crippen LogP contribution is -2.45. The molecule has 0 saturated carbocycles. The lowest BCUT2D eigenvalue weighted by molar-refractivity contribution is -0.109. The predicted molar refractivity (Wildman–Crippen MR) is 73.5 cm³/mol. The third kappa shape index (κ3) is 2.73. The van der Waals surface area contributed by atoms with E-state index >= 15 is 0 Å². The van der Waals surface area contributed by atoms with Crippen LogP contribution < -0.4 is 0 Å². The number of nitrogens with zero attached hydrogens (tertiary/aromatic N) is 1. The highest BCUT2D eigenvalue weighted by Gasteiger charge is 2.46. The Morgan fingerprint density at radius 2 is 2.26 bits per heavy atom. The van der Waals surface area contributed by atoms with Crippen LogP contribution in [-0.4, -0.2) is 37.8 Å². The van der Waals surface area contributed by atoms with Crippen LogP contribution in [0, 0.1) is 0 Å². The van der Waals surface area contributed by atoms with Crippen molar-refractivity contribution in [3.05, 3.63) is 28.5 Å². The Hall–Kier alpha value is -0.790. The van der Waals surface area contributed by atoms with Crippen LogP contribution in [0.5, 0.6) is 0 Å². The largest absolute Gasteiger partial charge is 0.372 e. The molecule has 1 saturated heterocycles. The van der Waals surface area contributed by atoms with Crippen LogP contribution >= 0.6 is 15.9 Å². The van der Waals surface area contributed by atoms with Gasteiger partial charge in [-0.1, -0.05) is 6.07 Å². The van der Waals surface area contributed by atoms with Crippen molar-refractivity contribution in [1.82, 2.24) is 4.98 Å². The summed E-state index contributed by atoms with van der Waals surface area (Å²) in [6, 6.07) is 5.38. The van der Waals surface area contributed by atoms with Gasteiger partial charge in [-0.15, -0.1) is 0 Å². The number of rotatable bonds is 3. The second kappa shape index (κ2) is 5.30. The zero-order valence-corrected chi connectivity index (χ0v) is 12.8. The van der Waals surface area contributed by atoms with E-state index in [9.17, 15) is 13.2 Å². The molecule has 1 aliphatic rings. The first-order valence-corrected chi connectivity index (χ1v) is 8.29. The molecule has 2 heterocycles. The molecule has 2 unspecified atom stereocenters. The Morgan fingerprint density at radius 3 is 2.84 bits per heavy atom. The number of carbonyl (C=O) groups is 1. The summed E-state index contributed by atoms with van der Waals surface area (Å²) in [6.07, 6.45) is 0.901. The number of aromatic nitrogens is 1. The van der Waals surface area contributed by atoms with Crippen molar-refractivity contribution >= 4 is 32.1 Å². The molecule has 1 aromatic heterocycles. The van der Waals surface area contributed by atoms with E-state index in [1.165, 1.54) is 7.11 Å². The average molecular weight is 348 g/mol. The average Bonchev–Trinajstić information content (AvgIpc) is 2.39. The SMILES string of the molecule is COC1(c2cccc(Br)n2)CCS(=O)(=O)C(C=O)C1. The van der Waals surface area contributed by atoms with Crippen molar-refractivity contribution in [2.75, 3.05) is 12.9 Å². The number of halogens is 1. The molecule has 5 nitrogen and oxygen atoms in total. The second-order valence-corrected chi connectivity index (χ2v) is 7.69. The summed E-state index contributed by atoms with van der Waals surface area (Å²) in [5, 5.41) is -1.03. The van der Waals surface area contributed by atoms with Gasteiger partial charge in [0.25, 0.3) is 0 Å². The van der Waals surface area contributed by atoms with Gasteiger partial charge in [-0.2, -0.15) is 0 Å². The Labute approximate surface area is 120 Å². The fourth-order valence-electron chi connectivity index (χ4n) is 2.33. The van der Waals surface area contributed by atoms with E-state index in [0.717, 1.165) is 0 Å². The fourth-order valence-corrected chi connectivity index (χ4v) is 4.28. The topological polar surface area (TPSA) is 73.3 Å². The number of ether oxygens (including phenoxy) is 1. The van der Waals surface area contributed by atoms with E-state index in [0.29, 0.717) is 23.0 Å². The van der Waals surface area contributed by atoms with E-state index in [-0.39, 0.29) is 12.2 Å². The molecular formula is C12H14BrNO4S. The van der Waals surface area contributed by atoms with Crippen molar-refractivity contribution in [3.63, 3.8) is 0 Å². The highest BCUT2D eigenvalue weighted by Crippen LogP contribution is 2.39. The number of hydrogen-bond donors (Lipinski definition) is 0. The van der Waals surface area contributed by atoms with Gasteiger partial charge in [-0.05, 0) is 34.5 Å². The molecular weight excluding hydrogens is 334 g/mol. The minimum Gasteiger partial charge on any atom is -0.372 e. The fraction of sp³-hybridized carbons (Fsp3) is 0.500. The zero-order valence-electron chi connectivity index (χ0n) is 10.4. The molecule has 0 amide bonds. The quantitative estimate of drug-likeness (QED) is 0.611. The Morgan fingerprint density at radius 1 is 1.53 bits per heavy atom. The summed E-state index contributed by atoms with van der Waals surface area (Å²) in [6.45, 7) is 0. The first kappa shape index (κ1) is 14.6. The predicted octanol–water partition coefficient (Wildman–Crippen LogP) is 1.46. The summed E-state index contributed by atoms with van der Waals surface area (Å²) < 4.78 is 29.8. The molecule has 0 spiro atoms. The van der Waals surface area contributed by atoms with Crippen LogP contribution in [-0.2, 0) is 25.0 Å². The first-order chi connectivity index (χ1) is 8.93. The van der Waals surface area contributed by atoms with Crippen molar-refractivity contribution in [2.24, 2.45) is 0 Å². The Kier molecular flexibility index (Phi) is 4.08. The zero-order chi connectivity index (χ0) is 14.1. The van der Waals surface area contributed by atoms with Gasteiger partial charge in [0.1, 0.15) is 21.7 Å². The van der Waals surface area contributed by atoms with Crippen LogP contribution in [0.2, 0.25) is 0 Å². The molecule has 1 fully saturated rings. The molecule has 0 aliphatic carbocycles. The van der Waals surface area contributed by atoms with Crippen LogP contribution in [0.15, 0.2) is 22.8 Å². The Bertz CT molecular complexity index is 589. The third-order valence-electron chi connectivity index (χ3n) is 3.51. The van der Waals surface area contributed by atoms with Crippen LogP contribution in [0.4, 0.5) is 0 Å². The van der Waals surface area contributed by atoms with E-state index in [1.54, 1.807) is 12.1 Å². The number of sulfone groups is 1. The minimum atomic E-state index is -3.36.